The molecule has 5 rings (SSSR count). The van der Waals surface area contributed by atoms with E-state index in [0.717, 1.165) is 32.4 Å². The van der Waals surface area contributed by atoms with Gasteiger partial charge in [-0.15, -0.1) is 10.2 Å². The van der Waals surface area contributed by atoms with Crippen LogP contribution in [0.2, 0.25) is 0 Å². The average molecular weight is 467 g/mol. The highest BCUT2D eigenvalue weighted by Gasteiger charge is 2.13. The number of amides is 1. The number of aromatic nitrogens is 5. The number of carbonyl (C=O) groups is 1. The molecule has 0 unspecified atom stereocenters. The van der Waals surface area contributed by atoms with E-state index in [2.05, 4.69) is 32.7 Å². The van der Waals surface area contributed by atoms with Crippen molar-refractivity contribution in [2.45, 2.75) is 16.6 Å². The molecule has 2 aromatic heterocycles. The van der Waals surface area contributed by atoms with E-state index in [4.69, 9.17) is 0 Å². The van der Waals surface area contributed by atoms with Crippen LogP contribution in [0, 0.1) is 0 Å². The molecule has 34 heavy (non-hydrogen) atoms. The molecule has 0 aliphatic heterocycles. The Balaban J connectivity index is 1.30. The molecule has 0 atom stereocenters. The Hall–Kier alpha value is -4.17. The van der Waals surface area contributed by atoms with Crippen LogP contribution in [0.3, 0.4) is 0 Å². The van der Waals surface area contributed by atoms with Gasteiger partial charge in [0.15, 0.2) is 5.16 Å². The maximum Gasteiger partial charge on any atom is 0.256 e. The second-order valence-electron chi connectivity index (χ2n) is 7.75. The highest BCUT2D eigenvalue weighted by Crippen LogP contribution is 2.28. The Morgan fingerprint density at radius 3 is 2.47 bits per heavy atom. The van der Waals surface area contributed by atoms with Gasteiger partial charge in [-0.1, -0.05) is 42.5 Å². The third-order valence-corrected chi connectivity index (χ3v) is 6.39. The lowest BCUT2D eigenvalue weighted by molar-refractivity contribution is 0.102. The maximum atomic E-state index is 13.1. The normalized spacial score (nSPS) is 10.9. The number of carbonyl (C=O) groups excluding carboxylic acids is 1. The molecule has 1 N–H and O–H groups in total. The number of hydrogen-bond donors (Lipinski definition) is 1. The first-order valence-corrected chi connectivity index (χ1v) is 11.6. The first-order chi connectivity index (χ1) is 16.7. The van der Waals surface area contributed by atoms with Crippen LogP contribution in [0.1, 0.15) is 15.9 Å². The number of aryl methyl sites for hydroxylation is 1. The molecule has 8 heteroatoms. The van der Waals surface area contributed by atoms with Crippen LogP contribution in [-0.4, -0.2) is 30.5 Å². The zero-order valence-electron chi connectivity index (χ0n) is 18.5. The molecule has 2 heterocycles. The Morgan fingerprint density at radius 2 is 1.76 bits per heavy atom. The monoisotopic (exact) mass is 466 g/mol. The predicted octanol–water partition coefficient (Wildman–Crippen LogP) is 5.13. The highest BCUT2D eigenvalue weighted by molar-refractivity contribution is 7.99. The molecule has 3 aromatic carbocycles. The lowest BCUT2D eigenvalue weighted by Crippen LogP contribution is -2.13. The summed E-state index contributed by atoms with van der Waals surface area (Å²) in [5.74, 6) is -0.148. The fourth-order valence-electron chi connectivity index (χ4n) is 3.58. The molecule has 0 aliphatic carbocycles. The van der Waals surface area contributed by atoms with Gasteiger partial charge in [-0.2, -0.15) is 5.10 Å². The van der Waals surface area contributed by atoms with Crippen molar-refractivity contribution in [3.8, 4) is 11.1 Å². The number of rotatable bonds is 7. The minimum Gasteiger partial charge on any atom is -0.322 e. The molecule has 0 aliphatic rings. The molecule has 5 aromatic rings. The standard InChI is InChI=1S/C26H22N6OS/c1-31-18-27-30-26(31)34-22-13-11-21(12-14-22)29-25(33)24-6-3-2-5-23(24)20-9-7-19(8-10-20)17-32-16-4-15-28-32/h2-16,18H,17H2,1H3,(H,29,33). The quantitative estimate of drug-likeness (QED) is 0.360. The fraction of sp³-hybridized carbons (Fsp3) is 0.0769. The smallest absolute Gasteiger partial charge is 0.256 e. The van der Waals surface area contributed by atoms with Gasteiger partial charge in [-0.3, -0.25) is 9.48 Å². The minimum atomic E-state index is -0.148. The molecule has 1 amide bonds. The number of benzene rings is 3. The van der Waals surface area contributed by atoms with Gasteiger partial charge in [0.2, 0.25) is 0 Å². The summed E-state index contributed by atoms with van der Waals surface area (Å²) in [4.78, 5) is 14.1. The van der Waals surface area contributed by atoms with Crippen LogP contribution in [0.25, 0.3) is 11.1 Å². The van der Waals surface area contributed by atoms with E-state index in [0.29, 0.717) is 12.1 Å². The summed E-state index contributed by atoms with van der Waals surface area (Å²) in [6.45, 7) is 0.709. The number of anilines is 1. The van der Waals surface area contributed by atoms with Crippen LogP contribution in [0.5, 0.6) is 0 Å². The van der Waals surface area contributed by atoms with E-state index in [9.17, 15) is 4.79 Å². The van der Waals surface area contributed by atoms with Crippen molar-refractivity contribution in [2.75, 3.05) is 5.32 Å². The van der Waals surface area contributed by atoms with Crippen molar-refractivity contribution in [3.63, 3.8) is 0 Å². The van der Waals surface area contributed by atoms with Gasteiger partial charge in [-0.25, -0.2) is 0 Å². The van der Waals surface area contributed by atoms with Crippen LogP contribution in [0.4, 0.5) is 5.69 Å². The summed E-state index contributed by atoms with van der Waals surface area (Å²) in [5.41, 5.74) is 4.38. The van der Waals surface area contributed by atoms with E-state index < -0.39 is 0 Å². The van der Waals surface area contributed by atoms with Crippen LogP contribution in [-0.2, 0) is 13.6 Å². The average Bonchev–Trinajstić information content (AvgIpc) is 3.52. The summed E-state index contributed by atoms with van der Waals surface area (Å²) < 4.78 is 3.74. The Bertz CT molecular complexity index is 1390. The van der Waals surface area contributed by atoms with Crippen molar-refractivity contribution in [1.82, 2.24) is 24.5 Å². The van der Waals surface area contributed by atoms with Gasteiger partial charge < -0.3 is 9.88 Å². The van der Waals surface area contributed by atoms with E-state index in [1.807, 2.05) is 89.2 Å². The second kappa shape index (κ2) is 9.76. The van der Waals surface area contributed by atoms with Crippen molar-refractivity contribution < 1.29 is 4.79 Å². The summed E-state index contributed by atoms with van der Waals surface area (Å²) in [5, 5.41) is 16.1. The SMILES string of the molecule is Cn1cnnc1Sc1ccc(NC(=O)c2ccccc2-c2ccc(Cn3cccn3)cc2)cc1. The molecular weight excluding hydrogens is 444 g/mol. The maximum absolute atomic E-state index is 13.1. The number of nitrogens with one attached hydrogen (secondary N) is 1. The van der Waals surface area contributed by atoms with Crippen molar-refractivity contribution >= 4 is 23.4 Å². The molecule has 0 saturated heterocycles. The summed E-state index contributed by atoms with van der Waals surface area (Å²) in [6, 6.07) is 25.5. The Morgan fingerprint density at radius 1 is 0.971 bits per heavy atom. The molecule has 0 fully saturated rings. The van der Waals surface area contributed by atoms with Crippen molar-refractivity contribution in [1.29, 1.82) is 0 Å². The van der Waals surface area contributed by atoms with Gasteiger partial charge in [0.1, 0.15) is 6.33 Å². The zero-order chi connectivity index (χ0) is 23.3. The summed E-state index contributed by atoms with van der Waals surface area (Å²) >= 11 is 1.52. The molecule has 0 spiro atoms. The zero-order valence-corrected chi connectivity index (χ0v) is 19.3. The van der Waals surface area contributed by atoms with E-state index in [1.165, 1.54) is 11.8 Å². The van der Waals surface area contributed by atoms with Gasteiger partial charge in [-0.05, 0) is 64.9 Å². The summed E-state index contributed by atoms with van der Waals surface area (Å²) in [6.07, 6.45) is 5.38. The Labute approximate surface area is 201 Å². The van der Waals surface area contributed by atoms with Gasteiger partial charge >= 0.3 is 0 Å². The van der Waals surface area contributed by atoms with Gasteiger partial charge in [0.05, 0.1) is 6.54 Å². The topological polar surface area (TPSA) is 77.6 Å². The summed E-state index contributed by atoms with van der Waals surface area (Å²) in [7, 11) is 1.90. The third-order valence-electron chi connectivity index (χ3n) is 5.33. The van der Waals surface area contributed by atoms with E-state index in [-0.39, 0.29) is 5.91 Å². The van der Waals surface area contributed by atoms with E-state index >= 15 is 0 Å². The van der Waals surface area contributed by atoms with Crippen LogP contribution >= 0.6 is 11.8 Å². The number of hydrogen-bond acceptors (Lipinski definition) is 5. The minimum absolute atomic E-state index is 0.148. The third kappa shape index (κ3) is 4.92. The first-order valence-electron chi connectivity index (χ1n) is 10.7. The fourth-order valence-corrected chi connectivity index (χ4v) is 4.34. The largest absolute Gasteiger partial charge is 0.322 e. The van der Waals surface area contributed by atoms with Crippen molar-refractivity contribution in [2.24, 2.45) is 7.05 Å². The van der Waals surface area contributed by atoms with Gasteiger partial charge in [0.25, 0.3) is 5.91 Å². The lowest BCUT2D eigenvalue weighted by Gasteiger charge is -2.12. The number of nitrogens with zero attached hydrogens (tertiary/aromatic N) is 5. The lowest BCUT2D eigenvalue weighted by atomic mass is 9.98. The Kier molecular flexibility index (Phi) is 6.22. The second-order valence-corrected chi connectivity index (χ2v) is 8.79. The van der Waals surface area contributed by atoms with Gasteiger partial charge in [0, 0.05) is 35.6 Å². The highest BCUT2D eigenvalue weighted by atomic mass is 32.2. The first kappa shape index (κ1) is 21.7. The van der Waals surface area contributed by atoms with Crippen molar-refractivity contribution in [3.05, 3.63) is 109 Å². The molecule has 0 bridgehead atoms. The molecule has 168 valence electrons. The molecule has 0 saturated carbocycles. The van der Waals surface area contributed by atoms with Crippen LogP contribution in [0.15, 0.2) is 108 Å². The molecule has 0 radical (unpaired) electrons. The van der Waals surface area contributed by atoms with Crippen LogP contribution < -0.4 is 5.32 Å². The van der Waals surface area contributed by atoms with E-state index in [1.54, 1.807) is 12.5 Å². The molecule has 7 nitrogen and oxygen atoms in total. The predicted molar refractivity (Wildman–Crippen MR) is 133 cm³/mol. The molecular formula is C26H22N6OS.